The Bertz CT molecular complexity index is 528. The average Bonchev–Trinajstić information content (AvgIpc) is 2.87. The summed E-state index contributed by atoms with van der Waals surface area (Å²) in [4.78, 5) is 1.97. The van der Waals surface area contributed by atoms with Crippen molar-refractivity contribution in [1.82, 2.24) is 4.90 Å². The van der Waals surface area contributed by atoms with Crippen molar-refractivity contribution in [2.75, 3.05) is 13.6 Å². The number of hydrogen-bond acceptors (Lipinski definition) is 3. The molecule has 1 heterocycles. The number of rotatable bonds is 5. The number of hydrogen-bond donors (Lipinski definition) is 1. The van der Waals surface area contributed by atoms with Crippen LogP contribution in [0.4, 0.5) is 8.78 Å². The van der Waals surface area contributed by atoms with Crippen LogP contribution in [0.1, 0.15) is 17.2 Å². The molecule has 2 rings (SSSR count). The molecule has 19 heavy (non-hydrogen) atoms. The van der Waals surface area contributed by atoms with Crippen molar-refractivity contribution in [3.63, 3.8) is 0 Å². The highest BCUT2D eigenvalue weighted by atomic mass is 19.2. The fraction of sp³-hybridized carbons (Fsp3) is 0.286. The van der Waals surface area contributed by atoms with Gasteiger partial charge in [-0.25, -0.2) is 8.78 Å². The Morgan fingerprint density at radius 2 is 2.05 bits per heavy atom. The minimum absolute atomic E-state index is 0.176. The molecule has 0 aliphatic heterocycles. The molecule has 2 N–H and O–H groups in total. The quantitative estimate of drug-likeness (QED) is 0.904. The van der Waals surface area contributed by atoms with Gasteiger partial charge in [0.2, 0.25) is 0 Å². The normalized spacial score (nSPS) is 12.9. The van der Waals surface area contributed by atoms with Gasteiger partial charge in [0.1, 0.15) is 0 Å². The summed E-state index contributed by atoms with van der Waals surface area (Å²) >= 11 is 0. The highest BCUT2D eigenvalue weighted by molar-refractivity contribution is 5.22. The summed E-state index contributed by atoms with van der Waals surface area (Å²) in [5, 5.41) is 0. The predicted molar refractivity (Wildman–Crippen MR) is 68.3 cm³/mol. The van der Waals surface area contributed by atoms with E-state index in [4.69, 9.17) is 10.2 Å². The lowest BCUT2D eigenvalue weighted by atomic mass is 10.0. The van der Waals surface area contributed by atoms with Gasteiger partial charge >= 0.3 is 0 Å². The zero-order valence-corrected chi connectivity index (χ0v) is 10.6. The standard InChI is InChI=1S/C14H16F2N2O/c1-18(8-10-4-5-19-9-10)14(7-17)11-2-3-12(15)13(16)6-11/h2-6,9,14H,7-8,17H2,1H3. The van der Waals surface area contributed by atoms with Gasteiger partial charge in [-0.15, -0.1) is 0 Å². The van der Waals surface area contributed by atoms with Gasteiger partial charge in [0.15, 0.2) is 11.6 Å². The van der Waals surface area contributed by atoms with Crippen LogP contribution in [0.3, 0.4) is 0 Å². The Morgan fingerprint density at radius 3 is 2.63 bits per heavy atom. The zero-order chi connectivity index (χ0) is 13.8. The van der Waals surface area contributed by atoms with E-state index in [0.717, 1.165) is 11.6 Å². The van der Waals surface area contributed by atoms with E-state index < -0.39 is 11.6 Å². The summed E-state index contributed by atoms with van der Waals surface area (Å²) < 4.78 is 31.2. The maximum atomic E-state index is 13.3. The van der Waals surface area contributed by atoms with Gasteiger partial charge in [0.05, 0.1) is 12.5 Å². The number of nitrogens with two attached hydrogens (primary N) is 1. The van der Waals surface area contributed by atoms with Crippen molar-refractivity contribution in [2.24, 2.45) is 5.73 Å². The zero-order valence-electron chi connectivity index (χ0n) is 10.6. The van der Waals surface area contributed by atoms with Crippen molar-refractivity contribution < 1.29 is 13.2 Å². The third kappa shape index (κ3) is 3.19. The van der Waals surface area contributed by atoms with Crippen LogP contribution >= 0.6 is 0 Å². The Kier molecular flexibility index (Phi) is 4.29. The van der Waals surface area contributed by atoms with Gasteiger partial charge in [-0.1, -0.05) is 6.07 Å². The SMILES string of the molecule is CN(Cc1ccoc1)C(CN)c1ccc(F)c(F)c1. The van der Waals surface area contributed by atoms with E-state index in [1.165, 1.54) is 6.07 Å². The number of nitrogens with zero attached hydrogens (tertiary/aromatic N) is 1. The molecule has 0 saturated heterocycles. The molecule has 0 spiro atoms. The summed E-state index contributed by atoms with van der Waals surface area (Å²) in [6.07, 6.45) is 3.24. The molecule has 0 aliphatic carbocycles. The molecule has 0 amide bonds. The summed E-state index contributed by atoms with van der Waals surface area (Å²) in [5.41, 5.74) is 7.40. The van der Waals surface area contributed by atoms with Crippen molar-refractivity contribution in [1.29, 1.82) is 0 Å². The second-order valence-electron chi connectivity index (χ2n) is 4.47. The largest absolute Gasteiger partial charge is 0.472 e. The highest BCUT2D eigenvalue weighted by Gasteiger charge is 2.17. The van der Waals surface area contributed by atoms with Crippen LogP contribution in [0.25, 0.3) is 0 Å². The Hall–Kier alpha value is -1.72. The molecule has 1 aromatic heterocycles. The molecule has 1 aromatic carbocycles. The molecule has 0 bridgehead atoms. The first-order valence-corrected chi connectivity index (χ1v) is 5.98. The molecule has 102 valence electrons. The monoisotopic (exact) mass is 266 g/mol. The lowest BCUT2D eigenvalue weighted by molar-refractivity contribution is 0.240. The highest BCUT2D eigenvalue weighted by Crippen LogP contribution is 2.22. The molecule has 5 heteroatoms. The molecule has 1 atom stereocenters. The van der Waals surface area contributed by atoms with Gasteiger partial charge in [0.25, 0.3) is 0 Å². The van der Waals surface area contributed by atoms with Crippen LogP contribution in [-0.4, -0.2) is 18.5 Å². The second kappa shape index (κ2) is 5.95. The topological polar surface area (TPSA) is 42.4 Å². The van der Waals surface area contributed by atoms with Crippen molar-refractivity contribution in [3.05, 3.63) is 59.6 Å². The molecule has 0 aliphatic rings. The summed E-state index contributed by atoms with van der Waals surface area (Å²) in [6, 6.07) is 5.56. The first-order valence-electron chi connectivity index (χ1n) is 5.98. The third-order valence-electron chi connectivity index (χ3n) is 3.10. The van der Waals surface area contributed by atoms with Gasteiger partial charge in [-0.2, -0.15) is 0 Å². The smallest absolute Gasteiger partial charge is 0.159 e. The molecular weight excluding hydrogens is 250 g/mol. The number of furan rings is 1. The Labute approximate surface area is 110 Å². The first kappa shape index (κ1) is 13.7. The average molecular weight is 266 g/mol. The van der Waals surface area contributed by atoms with E-state index >= 15 is 0 Å². The molecule has 1 unspecified atom stereocenters. The fourth-order valence-electron chi connectivity index (χ4n) is 2.07. The van der Waals surface area contributed by atoms with Crippen LogP contribution in [0.15, 0.2) is 41.2 Å². The fourth-order valence-corrected chi connectivity index (χ4v) is 2.07. The molecule has 0 radical (unpaired) electrons. The van der Waals surface area contributed by atoms with E-state index in [1.54, 1.807) is 18.6 Å². The summed E-state index contributed by atoms with van der Waals surface area (Å²) in [5.74, 6) is -1.70. The van der Waals surface area contributed by atoms with Crippen LogP contribution in [0.5, 0.6) is 0 Å². The van der Waals surface area contributed by atoms with E-state index in [1.807, 2.05) is 18.0 Å². The van der Waals surface area contributed by atoms with Crippen molar-refractivity contribution in [2.45, 2.75) is 12.6 Å². The first-order chi connectivity index (χ1) is 9.11. The van der Waals surface area contributed by atoms with E-state index in [2.05, 4.69) is 0 Å². The minimum Gasteiger partial charge on any atom is -0.472 e. The minimum atomic E-state index is -0.854. The lowest BCUT2D eigenvalue weighted by Gasteiger charge is -2.27. The van der Waals surface area contributed by atoms with Crippen LogP contribution < -0.4 is 5.73 Å². The lowest BCUT2D eigenvalue weighted by Crippen LogP contribution is -2.30. The van der Waals surface area contributed by atoms with Crippen LogP contribution in [0.2, 0.25) is 0 Å². The maximum Gasteiger partial charge on any atom is 0.159 e. The van der Waals surface area contributed by atoms with Gasteiger partial charge in [-0.05, 0) is 30.8 Å². The van der Waals surface area contributed by atoms with E-state index in [-0.39, 0.29) is 6.04 Å². The number of halogens is 2. The number of benzene rings is 1. The van der Waals surface area contributed by atoms with E-state index in [0.29, 0.717) is 18.7 Å². The van der Waals surface area contributed by atoms with Crippen LogP contribution in [-0.2, 0) is 6.54 Å². The number of likely N-dealkylation sites (N-methyl/N-ethyl adjacent to an activating group) is 1. The molecule has 0 fully saturated rings. The maximum absolute atomic E-state index is 13.3. The molecule has 3 nitrogen and oxygen atoms in total. The van der Waals surface area contributed by atoms with Crippen molar-refractivity contribution >= 4 is 0 Å². The molecule has 0 saturated carbocycles. The van der Waals surface area contributed by atoms with Crippen molar-refractivity contribution in [3.8, 4) is 0 Å². The van der Waals surface area contributed by atoms with Gasteiger partial charge in [-0.3, -0.25) is 4.90 Å². The summed E-state index contributed by atoms with van der Waals surface area (Å²) in [7, 11) is 1.88. The molecular formula is C14H16F2N2O. The Balaban J connectivity index is 2.16. The Morgan fingerprint density at radius 1 is 1.26 bits per heavy atom. The third-order valence-corrected chi connectivity index (χ3v) is 3.10. The van der Waals surface area contributed by atoms with Gasteiger partial charge < -0.3 is 10.2 Å². The molecule has 2 aromatic rings. The van der Waals surface area contributed by atoms with Crippen LogP contribution in [0, 0.1) is 11.6 Å². The summed E-state index contributed by atoms with van der Waals surface area (Å²) in [6.45, 7) is 0.941. The van der Waals surface area contributed by atoms with Gasteiger partial charge in [0, 0.05) is 24.7 Å². The predicted octanol–water partition coefficient (Wildman–Crippen LogP) is 2.69. The van der Waals surface area contributed by atoms with E-state index in [9.17, 15) is 8.78 Å². The second-order valence-corrected chi connectivity index (χ2v) is 4.47.